The predicted molar refractivity (Wildman–Crippen MR) is 39.8 cm³/mol. The van der Waals surface area contributed by atoms with E-state index in [-0.39, 0.29) is 111 Å². The van der Waals surface area contributed by atoms with Gasteiger partial charge in [-0.05, 0) is 0 Å². The van der Waals surface area contributed by atoms with Crippen molar-refractivity contribution < 1.29 is 41.7 Å². The van der Waals surface area contributed by atoms with Gasteiger partial charge in [0.05, 0.1) is 0 Å². The van der Waals surface area contributed by atoms with E-state index in [9.17, 15) is 0 Å². The minimum atomic E-state index is 0. The molecule has 0 saturated heterocycles. The molecule has 0 fully saturated rings. The fourth-order valence-electron chi connectivity index (χ4n) is 0. The molecule has 5 heavy (non-hydrogen) atoms. The van der Waals surface area contributed by atoms with E-state index in [0.717, 1.165) is 0 Å². The van der Waals surface area contributed by atoms with E-state index in [2.05, 4.69) is 0 Å². The minimum absolute atomic E-state index is 0. The summed E-state index contributed by atoms with van der Waals surface area (Å²) in [6.07, 6.45) is 0. The van der Waals surface area contributed by atoms with Crippen LogP contribution in [0, 0.1) is 41.7 Å². The van der Waals surface area contributed by atoms with Gasteiger partial charge in [-0.2, -0.15) is 0 Å². The van der Waals surface area contributed by atoms with E-state index in [1.807, 2.05) is 0 Å². The summed E-state index contributed by atoms with van der Waals surface area (Å²) in [5, 5.41) is 0. The second kappa shape index (κ2) is 25.8. The molecule has 0 rings (SSSR count). The topological polar surface area (TPSA) is 0 Å². The van der Waals surface area contributed by atoms with Crippen LogP contribution in [0.15, 0.2) is 0 Å². The van der Waals surface area contributed by atoms with E-state index in [0.29, 0.717) is 0 Å². The Morgan fingerprint density at radius 1 is 0.400 bits per heavy atom. The summed E-state index contributed by atoms with van der Waals surface area (Å²) in [5.41, 5.74) is 0. The zero-order valence-electron chi connectivity index (χ0n) is 0.500. The summed E-state index contributed by atoms with van der Waals surface area (Å²) in [6, 6.07) is 0. The first kappa shape index (κ1) is 39.0. The molecular formula is H12Al4Ce. The molecule has 0 aliphatic heterocycles. The molecule has 0 N–H and O–H groups in total. The molecule has 0 saturated carbocycles. The van der Waals surface area contributed by atoms with E-state index < -0.39 is 0 Å². The van der Waals surface area contributed by atoms with Crippen LogP contribution in [0.5, 0.6) is 0 Å². The molecule has 0 aromatic rings. The van der Waals surface area contributed by atoms with Gasteiger partial charge in [-0.1, -0.05) is 0 Å². The second-order valence-corrected chi connectivity index (χ2v) is 0. The maximum absolute atomic E-state index is 0. The molecule has 0 unspecified atom stereocenters. The van der Waals surface area contributed by atoms with Gasteiger partial charge in [0.2, 0.25) is 0 Å². The molecule has 0 aliphatic carbocycles. The van der Waals surface area contributed by atoms with Gasteiger partial charge in [0.25, 0.3) is 0 Å². The molecule has 0 radical (unpaired) electrons. The molecule has 0 amide bonds. The third-order valence-corrected chi connectivity index (χ3v) is 0. The molecule has 0 aromatic carbocycles. The Kier molecular flexibility index (Phi) is 202. The zero-order chi connectivity index (χ0) is 0. The summed E-state index contributed by atoms with van der Waals surface area (Å²) in [7, 11) is 0. The summed E-state index contributed by atoms with van der Waals surface area (Å²) in [4.78, 5) is 0. The molecule has 28 valence electrons. The first-order valence-electron chi connectivity index (χ1n) is 0. The number of rotatable bonds is 0. The largest absolute Gasteiger partial charge is 0.187 e. The first-order chi connectivity index (χ1) is 0. The monoisotopic (exact) mass is 260 g/mol. The minimum Gasteiger partial charge on any atom is 0 e. The van der Waals surface area contributed by atoms with Crippen molar-refractivity contribution >= 4 is 69.4 Å². The van der Waals surface area contributed by atoms with Gasteiger partial charge < -0.3 is 0 Å². The Labute approximate surface area is 109 Å². The summed E-state index contributed by atoms with van der Waals surface area (Å²) in [6.45, 7) is 0. The molecule has 0 heterocycles. The molecule has 0 nitrogen and oxygen atoms in total. The molecule has 0 aliphatic rings. The number of hydrogen-bond donors (Lipinski definition) is 0. The Morgan fingerprint density at radius 3 is 0.400 bits per heavy atom. The van der Waals surface area contributed by atoms with Crippen molar-refractivity contribution in [1.29, 1.82) is 0 Å². The normalized spacial score (nSPS) is 0. The Balaban J connectivity index is 0. The number of hydrogen-bond acceptors (Lipinski definition) is 0. The average molecular weight is 260 g/mol. The van der Waals surface area contributed by atoms with Crippen LogP contribution in [-0.4, -0.2) is 69.4 Å². The van der Waals surface area contributed by atoms with Crippen molar-refractivity contribution in [2.45, 2.75) is 0 Å². The SMILES string of the molecule is [AlH3].[AlH3].[AlH3].[AlH3].[Ce]. The van der Waals surface area contributed by atoms with Gasteiger partial charge >= 0.3 is 0 Å². The second-order valence-electron chi connectivity index (χ2n) is 0. The van der Waals surface area contributed by atoms with Crippen molar-refractivity contribution in [2.24, 2.45) is 0 Å². The zero-order valence-corrected chi connectivity index (χ0v) is 3.64. The van der Waals surface area contributed by atoms with Gasteiger partial charge in [-0.25, -0.2) is 0 Å². The third kappa shape index (κ3) is 18.5. The summed E-state index contributed by atoms with van der Waals surface area (Å²) in [5.74, 6) is 0. The van der Waals surface area contributed by atoms with Crippen LogP contribution < -0.4 is 0 Å². The Morgan fingerprint density at radius 2 is 0.400 bits per heavy atom. The molecule has 0 atom stereocenters. The maximum atomic E-state index is 0. The quantitative estimate of drug-likeness (QED) is 0.384. The maximum Gasteiger partial charge on any atom is 0.187 e. The van der Waals surface area contributed by atoms with Gasteiger partial charge in [-0.3, -0.25) is 0 Å². The van der Waals surface area contributed by atoms with Crippen molar-refractivity contribution in [1.82, 2.24) is 0 Å². The van der Waals surface area contributed by atoms with E-state index in [1.54, 1.807) is 0 Å². The van der Waals surface area contributed by atoms with Crippen LogP contribution >= 0.6 is 0 Å². The van der Waals surface area contributed by atoms with E-state index in [4.69, 9.17) is 0 Å². The smallest absolute Gasteiger partial charge is 0 e. The van der Waals surface area contributed by atoms with E-state index in [1.165, 1.54) is 0 Å². The molecule has 0 aromatic heterocycles. The van der Waals surface area contributed by atoms with Gasteiger partial charge in [-0.15, -0.1) is 0 Å². The Hall–Kier alpha value is 3.51. The fourth-order valence-corrected chi connectivity index (χ4v) is 0. The van der Waals surface area contributed by atoms with Crippen molar-refractivity contribution in [3.05, 3.63) is 0 Å². The van der Waals surface area contributed by atoms with Crippen LogP contribution in [0.3, 0.4) is 0 Å². The van der Waals surface area contributed by atoms with Gasteiger partial charge in [0.15, 0.2) is 69.4 Å². The van der Waals surface area contributed by atoms with Crippen molar-refractivity contribution in [3.8, 4) is 0 Å². The predicted octanol–water partition coefficient (Wildman–Crippen LogP) is -4.74. The van der Waals surface area contributed by atoms with Crippen molar-refractivity contribution in [3.63, 3.8) is 0 Å². The summed E-state index contributed by atoms with van der Waals surface area (Å²) >= 11 is 0. The summed E-state index contributed by atoms with van der Waals surface area (Å²) < 4.78 is 0. The third-order valence-electron chi connectivity index (χ3n) is 0. The molecule has 0 bridgehead atoms. The first-order valence-corrected chi connectivity index (χ1v) is 0. The molecule has 5 heteroatoms. The van der Waals surface area contributed by atoms with Crippen LogP contribution in [0.4, 0.5) is 0 Å². The van der Waals surface area contributed by atoms with Crippen LogP contribution in [0.1, 0.15) is 0 Å². The fraction of sp³-hybridized carbons (Fsp3) is 0. The average Bonchev–Trinajstić information content (AvgIpc) is 0. The molecular weight excluding hydrogens is 248 g/mol. The van der Waals surface area contributed by atoms with Gasteiger partial charge in [0, 0.05) is 41.7 Å². The van der Waals surface area contributed by atoms with Crippen LogP contribution in [-0.2, 0) is 0 Å². The van der Waals surface area contributed by atoms with E-state index >= 15 is 0 Å². The van der Waals surface area contributed by atoms with Crippen molar-refractivity contribution in [2.75, 3.05) is 0 Å². The van der Waals surface area contributed by atoms with Crippen LogP contribution in [0.2, 0.25) is 0 Å². The standard InChI is InChI=1S/4Al.Ce.12H. The van der Waals surface area contributed by atoms with Crippen LogP contribution in [0.25, 0.3) is 0 Å². The Bertz CT molecular complexity index is 3.61. The molecule has 0 spiro atoms. The van der Waals surface area contributed by atoms with Gasteiger partial charge in [0.1, 0.15) is 0 Å².